The highest BCUT2D eigenvalue weighted by Crippen LogP contribution is 2.13. The number of nitrogens with zero attached hydrogens (tertiary/aromatic N) is 2. The minimum atomic E-state index is 0.470. The van der Waals surface area contributed by atoms with Crippen LogP contribution in [0.2, 0.25) is 0 Å². The largest absolute Gasteiger partial charge is 0.495 e. The molecule has 0 bridgehead atoms. The summed E-state index contributed by atoms with van der Waals surface area (Å²) in [7, 11) is 1.65. The molecule has 1 unspecified atom stereocenters. The molecule has 0 radical (unpaired) electrons. The van der Waals surface area contributed by atoms with Gasteiger partial charge < -0.3 is 9.47 Å². The number of methoxy groups -OCH3 is 1. The first-order valence-electron chi connectivity index (χ1n) is 5.60. The molecule has 0 amide bonds. The molecule has 1 aliphatic rings. The highest BCUT2D eigenvalue weighted by molar-refractivity contribution is 5.19. The number of aromatic nitrogens is 1. The van der Waals surface area contributed by atoms with Crippen LogP contribution in [0.5, 0.6) is 5.75 Å². The van der Waals surface area contributed by atoms with Gasteiger partial charge in [0.1, 0.15) is 5.75 Å². The van der Waals surface area contributed by atoms with Gasteiger partial charge in [-0.25, -0.2) is 0 Å². The predicted octanol–water partition coefficient (Wildman–Crippen LogP) is 1.31. The molecule has 0 aromatic carbocycles. The second-order valence-corrected chi connectivity index (χ2v) is 4.08. The summed E-state index contributed by atoms with van der Waals surface area (Å²) in [5, 5.41) is 0. The van der Waals surface area contributed by atoms with Gasteiger partial charge in [0.15, 0.2) is 0 Å². The van der Waals surface area contributed by atoms with Crippen LogP contribution in [0.25, 0.3) is 0 Å². The van der Waals surface area contributed by atoms with Crippen LogP contribution in [0.4, 0.5) is 0 Å². The summed E-state index contributed by atoms with van der Waals surface area (Å²) < 4.78 is 10.5. The van der Waals surface area contributed by atoms with Crippen LogP contribution in [0.1, 0.15) is 12.6 Å². The quantitative estimate of drug-likeness (QED) is 0.772. The van der Waals surface area contributed by atoms with Gasteiger partial charge in [0.25, 0.3) is 0 Å². The van der Waals surface area contributed by atoms with Crippen LogP contribution >= 0.6 is 0 Å². The standard InChI is InChI=1S/C12H18N2O2/c1-10-9-16-6-5-14(10)8-11-3-4-12(15-2)7-13-11/h3-4,7,10H,5-6,8-9H2,1-2H3. The van der Waals surface area contributed by atoms with Crippen molar-refractivity contribution in [2.24, 2.45) is 0 Å². The Hall–Kier alpha value is -1.13. The zero-order valence-electron chi connectivity index (χ0n) is 9.85. The SMILES string of the molecule is COc1ccc(CN2CCOCC2C)nc1. The molecule has 0 saturated carbocycles. The minimum Gasteiger partial charge on any atom is -0.495 e. The van der Waals surface area contributed by atoms with Gasteiger partial charge in [0.2, 0.25) is 0 Å². The van der Waals surface area contributed by atoms with Crippen LogP contribution in [-0.4, -0.2) is 42.8 Å². The lowest BCUT2D eigenvalue weighted by Crippen LogP contribution is -2.43. The second-order valence-electron chi connectivity index (χ2n) is 4.08. The molecule has 2 rings (SSSR count). The summed E-state index contributed by atoms with van der Waals surface area (Å²) in [6, 6.07) is 4.44. The van der Waals surface area contributed by atoms with E-state index in [0.29, 0.717) is 6.04 Å². The van der Waals surface area contributed by atoms with E-state index in [1.54, 1.807) is 13.3 Å². The van der Waals surface area contributed by atoms with Crippen molar-refractivity contribution in [3.8, 4) is 5.75 Å². The van der Waals surface area contributed by atoms with Crippen LogP contribution in [0, 0.1) is 0 Å². The van der Waals surface area contributed by atoms with Crippen molar-refractivity contribution in [3.05, 3.63) is 24.0 Å². The molecule has 16 heavy (non-hydrogen) atoms. The Morgan fingerprint density at radius 2 is 2.44 bits per heavy atom. The average molecular weight is 222 g/mol. The molecule has 1 atom stereocenters. The van der Waals surface area contributed by atoms with E-state index >= 15 is 0 Å². The van der Waals surface area contributed by atoms with Crippen molar-refractivity contribution >= 4 is 0 Å². The van der Waals surface area contributed by atoms with Crippen molar-refractivity contribution in [1.29, 1.82) is 0 Å². The van der Waals surface area contributed by atoms with Crippen LogP contribution < -0.4 is 4.74 Å². The number of hydrogen-bond donors (Lipinski definition) is 0. The molecular formula is C12H18N2O2. The highest BCUT2D eigenvalue weighted by Gasteiger charge is 2.18. The zero-order chi connectivity index (χ0) is 11.4. The first-order valence-corrected chi connectivity index (χ1v) is 5.60. The zero-order valence-corrected chi connectivity index (χ0v) is 9.85. The minimum absolute atomic E-state index is 0.470. The number of rotatable bonds is 3. The van der Waals surface area contributed by atoms with E-state index < -0.39 is 0 Å². The Balaban J connectivity index is 1.96. The predicted molar refractivity (Wildman–Crippen MR) is 61.5 cm³/mol. The maximum Gasteiger partial charge on any atom is 0.137 e. The maximum absolute atomic E-state index is 5.40. The highest BCUT2D eigenvalue weighted by atomic mass is 16.5. The van der Waals surface area contributed by atoms with Crippen molar-refractivity contribution in [2.75, 3.05) is 26.9 Å². The summed E-state index contributed by atoms with van der Waals surface area (Å²) >= 11 is 0. The van der Waals surface area contributed by atoms with Crippen LogP contribution in [-0.2, 0) is 11.3 Å². The Kier molecular flexibility index (Phi) is 3.74. The molecular weight excluding hydrogens is 204 g/mol. The van der Waals surface area contributed by atoms with Gasteiger partial charge in [-0.2, -0.15) is 0 Å². The van der Waals surface area contributed by atoms with Gasteiger partial charge in [0, 0.05) is 19.1 Å². The third-order valence-electron chi connectivity index (χ3n) is 2.90. The van der Waals surface area contributed by atoms with Crippen LogP contribution in [0.3, 0.4) is 0 Å². The maximum atomic E-state index is 5.40. The fourth-order valence-electron chi connectivity index (χ4n) is 1.83. The second kappa shape index (κ2) is 5.27. The van der Waals surface area contributed by atoms with E-state index in [1.807, 2.05) is 12.1 Å². The van der Waals surface area contributed by atoms with Gasteiger partial charge in [-0.15, -0.1) is 0 Å². The summed E-state index contributed by atoms with van der Waals surface area (Å²) in [4.78, 5) is 6.76. The molecule has 4 heteroatoms. The lowest BCUT2D eigenvalue weighted by Gasteiger charge is -2.32. The summed E-state index contributed by atoms with van der Waals surface area (Å²) in [5.74, 6) is 0.804. The summed E-state index contributed by atoms with van der Waals surface area (Å²) in [6.07, 6.45) is 1.76. The molecule has 2 heterocycles. The van der Waals surface area contributed by atoms with Crippen LogP contribution in [0.15, 0.2) is 18.3 Å². The fraction of sp³-hybridized carbons (Fsp3) is 0.583. The molecule has 1 aromatic heterocycles. The first-order chi connectivity index (χ1) is 7.79. The topological polar surface area (TPSA) is 34.6 Å². The van der Waals surface area contributed by atoms with Gasteiger partial charge >= 0.3 is 0 Å². The van der Waals surface area contributed by atoms with E-state index in [-0.39, 0.29) is 0 Å². The number of ether oxygens (including phenoxy) is 2. The smallest absolute Gasteiger partial charge is 0.137 e. The Morgan fingerprint density at radius 1 is 1.56 bits per heavy atom. The fourth-order valence-corrected chi connectivity index (χ4v) is 1.83. The number of pyridine rings is 1. The Bertz CT molecular complexity index is 326. The lowest BCUT2D eigenvalue weighted by atomic mass is 10.2. The summed E-state index contributed by atoms with van der Waals surface area (Å²) in [6.45, 7) is 5.68. The normalized spacial score (nSPS) is 22.0. The van der Waals surface area contributed by atoms with Crippen molar-refractivity contribution < 1.29 is 9.47 Å². The Morgan fingerprint density at radius 3 is 3.06 bits per heavy atom. The van der Waals surface area contributed by atoms with Gasteiger partial charge in [-0.1, -0.05) is 0 Å². The van der Waals surface area contributed by atoms with E-state index in [1.165, 1.54) is 0 Å². The van der Waals surface area contributed by atoms with E-state index in [9.17, 15) is 0 Å². The monoisotopic (exact) mass is 222 g/mol. The Labute approximate surface area is 96.2 Å². The number of morpholine rings is 1. The molecule has 0 aliphatic carbocycles. The third kappa shape index (κ3) is 2.71. The molecule has 88 valence electrons. The molecule has 1 fully saturated rings. The van der Waals surface area contributed by atoms with E-state index in [4.69, 9.17) is 9.47 Å². The van der Waals surface area contributed by atoms with Gasteiger partial charge in [0.05, 0.1) is 32.2 Å². The molecule has 1 aromatic rings. The van der Waals surface area contributed by atoms with Crippen molar-refractivity contribution in [2.45, 2.75) is 19.5 Å². The third-order valence-corrected chi connectivity index (χ3v) is 2.90. The van der Waals surface area contributed by atoms with Crippen molar-refractivity contribution in [1.82, 2.24) is 9.88 Å². The van der Waals surface area contributed by atoms with Crippen molar-refractivity contribution in [3.63, 3.8) is 0 Å². The molecule has 0 spiro atoms. The average Bonchev–Trinajstić information content (AvgIpc) is 2.33. The van der Waals surface area contributed by atoms with E-state index in [2.05, 4.69) is 16.8 Å². The number of hydrogen-bond acceptors (Lipinski definition) is 4. The van der Waals surface area contributed by atoms with Gasteiger partial charge in [-0.05, 0) is 19.1 Å². The van der Waals surface area contributed by atoms with Gasteiger partial charge in [-0.3, -0.25) is 9.88 Å². The molecule has 1 saturated heterocycles. The molecule has 1 aliphatic heterocycles. The summed E-state index contributed by atoms with van der Waals surface area (Å²) in [5.41, 5.74) is 1.08. The lowest BCUT2D eigenvalue weighted by molar-refractivity contribution is -0.00491. The molecule has 0 N–H and O–H groups in total. The van der Waals surface area contributed by atoms with E-state index in [0.717, 1.165) is 37.7 Å². The first kappa shape index (κ1) is 11.4. The molecule has 4 nitrogen and oxygen atoms in total.